The Balaban J connectivity index is -0.000000324. The number of nitrogens with one attached hydrogen (secondary N) is 1. The van der Waals surface area contributed by atoms with Crippen LogP contribution in [0.5, 0.6) is 0 Å². The Morgan fingerprint density at radius 2 is 1.87 bits per heavy atom. The van der Waals surface area contributed by atoms with Crippen molar-refractivity contribution in [2.75, 3.05) is 12.3 Å². The largest absolute Gasteiger partial charge is 0.480 e. The third-order valence-corrected chi connectivity index (χ3v) is 2.98. The first-order valence-electron chi connectivity index (χ1n) is 7.33. The molecule has 0 aliphatic carbocycles. The van der Waals surface area contributed by atoms with Crippen LogP contribution < -0.4 is 5.32 Å². The summed E-state index contributed by atoms with van der Waals surface area (Å²) in [5.41, 5.74) is -0.595. The number of hydrogen-bond donors (Lipinski definition) is 2. The highest BCUT2D eigenvalue weighted by molar-refractivity contribution is 7.99. The Morgan fingerprint density at radius 1 is 1.35 bits per heavy atom. The normalized spacial score (nSPS) is 9.57. The first-order valence-corrected chi connectivity index (χ1v) is 8.37. The number of ether oxygens (including phenoxy) is 1. The van der Waals surface area contributed by atoms with Gasteiger partial charge in [0.05, 0.1) is 0 Å². The molecule has 0 aromatic rings. The van der Waals surface area contributed by atoms with E-state index in [0.29, 0.717) is 0 Å². The first kappa shape index (κ1) is 26.3. The SMILES string of the molecule is C#C.C=CCCCSC(C)C.CC(C)(C)OC(=O)NCC(=O)O. The number of unbranched alkanes of at least 4 members (excludes halogenated alkanes) is 1. The maximum atomic E-state index is 10.8. The lowest BCUT2D eigenvalue weighted by atomic mass is 10.2. The van der Waals surface area contributed by atoms with E-state index >= 15 is 0 Å². The van der Waals surface area contributed by atoms with Crippen molar-refractivity contribution >= 4 is 23.8 Å². The molecule has 0 radical (unpaired) electrons. The summed E-state index contributed by atoms with van der Waals surface area (Å²) in [5, 5.41) is 11.1. The fourth-order valence-corrected chi connectivity index (χ4v) is 1.81. The molecule has 134 valence electrons. The number of carbonyl (C=O) groups excluding carboxylic acids is 1. The number of carboxylic acid groups (broad SMARTS) is 1. The fraction of sp³-hybridized carbons (Fsp3) is 0.647. The van der Waals surface area contributed by atoms with Gasteiger partial charge in [-0.2, -0.15) is 11.8 Å². The first-order chi connectivity index (χ1) is 10.6. The van der Waals surface area contributed by atoms with Crippen molar-refractivity contribution in [3.05, 3.63) is 12.7 Å². The molecule has 0 aromatic carbocycles. The third-order valence-electron chi connectivity index (χ3n) is 1.79. The molecule has 5 nitrogen and oxygen atoms in total. The number of rotatable bonds is 7. The van der Waals surface area contributed by atoms with Gasteiger partial charge in [-0.3, -0.25) is 4.79 Å². The fourth-order valence-electron chi connectivity index (χ4n) is 1.01. The summed E-state index contributed by atoms with van der Waals surface area (Å²) in [5.74, 6) is 0.185. The number of allylic oxidation sites excluding steroid dienone is 1. The van der Waals surface area contributed by atoms with E-state index in [1.807, 2.05) is 17.8 Å². The van der Waals surface area contributed by atoms with Crippen molar-refractivity contribution in [2.45, 2.75) is 58.3 Å². The van der Waals surface area contributed by atoms with Crippen LogP contribution >= 0.6 is 11.8 Å². The summed E-state index contributed by atoms with van der Waals surface area (Å²) in [6.45, 7) is 12.8. The summed E-state index contributed by atoms with van der Waals surface area (Å²) >= 11 is 2.02. The zero-order valence-corrected chi connectivity index (χ0v) is 15.7. The monoisotopic (exact) mass is 345 g/mol. The second kappa shape index (κ2) is 16.8. The van der Waals surface area contributed by atoms with Crippen LogP contribution in [0.1, 0.15) is 47.5 Å². The Kier molecular flexibility index (Phi) is 19.2. The van der Waals surface area contributed by atoms with Gasteiger partial charge in [0, 0.05) is 0 Å². The molecule has 0 aliphatic rings. The molecule has 1 amide bonds. The van der Waals surface area contributed by atoms with Crippen molar-refractivity contribution in [2.24, 2.45) is 0 Å². The molecule has 0 aromatic heterocycles. The average molecular weight is 346 g/mol. The van der Waals surface area contributed by atoms with Crippen LogP contribution in [0, 0.1) is 12.8 Å². The predicted octanol–water partition coefficient (Wildman–Crippen LogP) is 3.94. The van der Waals surface area contributed by atoms with E-state index in [1.165, 1.54) is 18.6 Å². The average Bonchev–Trinajstić information content (AvgIpc) is 2.42. The second-order valence-corrected chi connectivity index (χ2v) is 7.28. The van der Waals surface area contributed by atoms with Crippen LogP contribution in [0.3, 0.4) is 0 Å². The van der Waals surface area contributed by atoms with Gasteiger partial charge in [0.25, 0.3) is 0 Å². The maximum absolute atomic E-state index is 10.8. The molecule has 0 unspecified atom stereocenters. The van der Waals surface area contributed by atoms with Crippen molar-refractivity contribution in [3.8, 4) is 12.8 Å². The standard InChI is InChI=1S/C8H16S.C7H13NO4.C2H2/c1-4-5-6-7-9-8(2)3;1-7(2,3)12-6(11)8-4-5(9)10;1-2/h4,8H,1,5-7H2,2-3H3;4H2,1-3H3,(H,8,11)(H,9,10);1-2H. The Labute approximate surface area is 145 Å². The summed E-state index contributed by atoms with van der Waals surface area (Å²) in [4.78, 5) is 20.8. The molecule has 0 saturated heterocycles. The van der Waals surface area contributed by atoms with E-state index in [0.717, 1.165) is 5.25 Å². The molecule has 6 heteroatoms. The van der Waals surface area contributed by atoms with Crippen molar-refractivity contribution in [1.29, 1.82) is 0 Å². The number of hydrogen-bond acceptors (Lipinski definition) is 4. The summed E-state index contributed by atoms with van der Waals surface area (Å²) < 4.78 is 4.77. The lowest BCUT2D eigenvalue weighted by molar-refractivity contribution is -0.136. The van der Waals surface area contributed by atoms with Crippen LogP contribution in [-0.4, -0.2) is 40.3 Å². The van der Waals surface area contributed by atoms with Crippen molar-refractivity contribution < 1.29 is 19.4 Å². The minimum atomic E-state index is -1.10. The van der Waals surface area contributed by atoms with E-state index in [4.69, 9.17) is 9.84 Å². The Hall–Kier alpha value is -1.61. The number of carbonyl (C=O) groups is 2. The minimum absolute atomic E-state index is 0.422. The van der Waals surface area contributed by atoms with E-state index in [1.54, 1.807) is 20.8 Å². The highest BCUT2D eigenvalue weighted by atomic mass is 32.2. The van der Waals surface area contributed by atoms with Gasteiger partial charge < -0.3 is 15.2 Å². The van der Waals surface area contributed by atoms with Crippen molar-refractivity contribution in [1.82, 2.24) is 5.32 Å². The minimum Gasteiger partial charge on any atom is -0.480 e. The molecule has 0 rings (SSSR count). The van der Waals surface area contributed by atoms with E-state index in [2.05, 4.69) is 38.6 Å². The third kappa shape index (κ3) is 33.3. The van der Waals surface area contributed by atoms with Gasteiger partial charge in [-0.1, -0.05) is 19.9 Å². The number of carboxylic acids is 1. The lowest BCUT2D eigenvalue weighted by Crippen LogP contribution is -2.35. The highest BCUT2D eigenvalue weighted by Crippen LogP contribution is 2.11. The maximum Gasteiger partial charge on any atom is 0.408 e. The molecule has 0 fully saturated rings. The van der Waals surface area contributed by atoms with Gasteiger partial charge in [0.2, 0.25) is 0 Å². The summed E-state index contributed by atoms with van der Waals surface area (Å²) in [6, 6.07) is 0. The second-order valence-electron chi connectivity index (χ2n) is 5.60. The molecule has 0 atom stereocenters. The molecule has 0 spiro atoms. The molecule has 0 aliphatic heterocycles. The number of terminal acetylenes is 1. The van der Waals surface area contributed by atoms with Crippen molar-refractivity contribution in [3.63, 3.8) is 0 Å². The van der Waals surface area contributed by atoms with E-state index in [9.17, 15) is 9.59 Å². The summed E-state index contributed by atoms with van der Waals surface area (Å²) in [6.07, 6.45) is 11.7. The quantitative estimate of drug-likeness (QED) is 0.415. The van der Waals surface area contributed by atoms with E-state index < -0.39 is 24.2 Å². The Morgan fingerprint density at radius 3 is 2.22 bits per heavy atom. The number of amides is 1. The molecule has 0 bridgehead atoms. The van der Waals surface area contributed by atoms with Crippen LogP contribution in [0.2, 0.25) is 0 Å². The number of thioether (sulfide) groups is 1. The van der Waals surface area contributed by atoms with Crippen LogP contribution in [0.4, 0.5) is 4.79 Å². The van der Waals surface area contributed by atoms with Gasteiger partial charge >= 0.3 is 12.1 Å². The molecule has 23 heavy (non-hydrogen) atoms. The molecular formula is C17H31NO4S. The van der Waals surface area contributed by atoms with E-state index in [-0.39, 0.29) is 0 Å². The van der Waals surface area contributed by atoms with Gasteiger partial charge in [0.15, 0.2) is 0 Å². The zero-order valence-electron chi connectivity index (χ0n) is 14.9. The Bertz CT molecular complexity index is 346. The van der Waals surface area contributed by atoms with Crippen LogP contribution in [0.25, 0.3) is 0 Å². The predicted molar refractivity (Wildman–Crippen MR) is 98.8 cm³/mol. The van der Waals surface area contributed by atoms with Crippen LogP contribution in [0.15, 0.2) is 12.7 Å². The smallest absolute Gasteiger partial charge is 0.408 e. The van der Waals surface area contributed by atoms with Gasteiger partial charge in [-0.15, -0.1) is 19.4 Å². The van der Waals surface area contributed by atoms with Gasteiger partial charge in [0.1, 0.15) is 12.1 Å². The molecule has 0 saturated carbocycles. The zero-order chi connectivity index (χ0) is 18.9. The van der Waals surface area contributed by atoms with Gasteiger partial charge in [-0.25, -0.2) is 4.79 Å². The molecule has 0 heterocycles. The highest BCUT2D eigenvalue weighted by Gasteiger charge is 2.16. The topological polar surface area (TPSA) is 75.6 Å². The summed E-state index contributed by atoms with van der Waals surface area (Å²) in [7, 11) is 0. The molecule has 2 N–H and O–H groups in total. The molecular weight excluding hydrogens is 314 g/mol. The number of aliphatic carboxylic acids is 1. The van der Waals surface area contributed by atoms with Crippen LogP contribution in [-0.2, 0) is 9.53 Å². The number of alkyl carbamates (subject to hydrolysis) is 1. The van der Waals surface area contributed by atoms with Gasteiger partial charge in [-0.05, 0) is 44.6 Å². The lowest BCUT2D eigenvalue weighted by Gasteiger charge is -2.19.